The van der Waals surface area contributed by atoms with Gasteiger partial charge >= 0.3 is 0 Å². The molecule has 12 heteroatoms. The Morgan fingerprint density at radius 2 is 2.09 bits per heavy atom. The number of anilines is 2. The highest BCUT2D eigenvalue weighted by Crippen LogP contribution is 2.32. The van der Waals surface area contributed by atoms with Crippen LogP contribution in [-0.2, 0) is 0 Å². The molecule has 0 radical (unpaired) electrons. The Morgan fingerprint density at radius 1 is 1.26 bits per heavy atom. The molecule has 0 unspecified atom stereocenters. The number of hydrogen-bond acceptors (Lipinski definition) is 9. The molecule has 0 aliphatic rings. The molecule has 4 aromatic heterocycles. The molecule has 0 saturated carbocycles. The third kappa shape index (κ3) is 3.55. The van der Waals surface area contributed by atoms with Crippen LogP contribution in [-0.4, -0.2) is 34.9 Å². The number of nitrogens with zero attached hydrogens (tertiary/aromatic N) is 6. The zero-order valence-corrected chi connectivity index (χ0v) is 19.3. The number of nitrogen functional groups attached to an aromatic ring is 1. The Kier molecular flexibility index (Phi) is 5.25. The molecular formula is C22H20ClN9O2. The molecule has 11 nitrogen and oxygen atoms in total. The Morgan fingerprint density at radius 3 is 2.79 bits per heavy atom. The summed E-state index contributed by atoms with van der Waals surface area (Å²) in [6.45, 7) is 5.46. The number of halogens is 1. The SMILES string of the molecule is Cc1noc(-c2c(N)ncnc2N[C@@H](C)c2cc3cccc(Cl)c3c(=O)n2-c2n[nH]cc2C)n1. The van der Waals surface area contributed by atoms with Gasteiger partial charge in [0.15, 0.2) is 11.6 Å². The maximum Gasteiger partial charge on any atom is 0.266 e. The molecular weight excluding hydrogens is 458 g/mol. The van der Waals surface area contributed by atoms with Gasteiger partial charge in [0, 0.05) is 11.8 Å². The summed E-state index contributed by atoms with van der Waals surface area (Å²) in [6, 6.07) is 6.81. The lowest BCUT2D eigenvalue weighted by atomic mass is 10.1. The maximum absolute atomic E-state index is 13.6. The standard InChI is InChI=1S/C22H20ClN9O2/c1-10-8-27-30-20(10)32-15(7-13-5-4-6-14(23)16(13)22(32)33)11(2)28-19-17(18(24)25-9-26-19)21-29-12(3)31-34-21/h4-9,11H,1-3H3,(H,27,30)(H3,24,25,26,28)/t11-/m0/s1. The Balaban J connectivity index is 1.68. The molecule has 1 aromatic carbocycles. The quantitative estimate of drug-likeness (QED) is 0.344. The monoisotopic (exact) mass is 477 g/mol. The third-order valence-electron chi connectivity index (χ3n) is 5.46. The van der Waals surface area contributed by atoms with Gasteiger partial charge in [0.2, 0.25) is 0 Å². The van der Waals surface area contributed by atoms with Crippen molar-refractivity contribution >= 4 is 34.0 Å². The van der Waals surface area contributed by atoms with Crippen molar-refractivity contribution in [3.63, 3.8) is 0 Å². The molecule has 0 aliphatic carbocycles. The number of hydrogen-bond donors (Lipinski definition) is 3. The fourth-order valence-electron chi connectivity index (χ4n) is 3.84. The van der Waals surface area contributed by atoms with Gasteiger partial charge in [0.25, 0.3) is 11.4 Å². The summed E-state index contributed by atoms with van der Waals surface area (Å²) < 4.78 is 6.84. The Hall–Kier alpha value is -4.25. The molecule has 0 spiro atoms. The average Bonchev–Trinajstić information content (AvgIpc) is 3.41. The summed E-state index contributed by atoms with van der Waals surface area (Å²) in [6.07, 6.45) is 3.06. The number of rotatable bonds is 5. The van der Waals surface area contributed by atoms with Crippen LogP contribution in [0.25, 0.3) is 28.0 Å². The van der Waals surface area contributed by atoms with Crippen molar-refractivity contribution in [2.24, 2.45) is 0 Å². The minimum Gasteiger partial charge on any atom is -0.383 e. The van der Waals surface area contributed by atoms with Crippen LogP contribution in [0.15, 0.2) is 46.1 Å². The number of aromatic amines is 1. The van der Waals surface area contributed by atoms with Crippen molar-refractivity contribution in [1.29, 1.82) is 0 Å². The number of fused-ring (bicyclic) bond motifs is 1. The van der Waals surface area contributed by atoms with Crippen LogP contribution < -0.4 is 16.6 Å². The van der Waals surface area contributed by atoms with E-state index in [4.69, 9.17) is 21.9 Å². The van der Waals surface area contributed by atoms with Crippen molar-refractivity contribution in [1.82, 2.24) is 34.9 Å². The summed E-state index contributed by atoms with van der Waals surface area (Å²) in [5.74, 6) is 1.68. The number of H-pyrrole nitrogens is 1. The molecule has 0 bridgehead atoms. The van der Waals surface area contributed by atoms with E-state index in [0.717, 1.165) is 5.56 Å². The number of aryl methyl sites for hydroxylation is 2. The zero-order chi connectivity index (χ0) is 24.0. The molecule has 172 valence electrons. The molecule has 34 heavy (non-hydrogen) atoms. The topological polar surface area (TPSA) is 153 Å². The zero-order valence-electron chi connectivity index (χ0n) is 18.5. The van der Waals surface area contributed by atoms with Crippen molar-refractivity contribution in [2.75, 3.05) is 11.1 Å². The molecule has 4 N–H and O–H groups in total. The number of pyridine rings is 1. The van der Waals surface area contributed by atoms with Gasteiger partial charge in [0.05, 0.1) is 22.1 Å². The van der Waals surface area contributed by atoms with Gasteiger partial charge in [-0.2, -0.15) is 10.1 Å². The normalized spacial score (nSPS) is 12.2. The second-order valence-corrected chi connectivity index (χ2v) is 8.21. The van der Waals surface area contributed by atoms with E-state index in [2.05, 4.69) is 35.6 Å². The van der Waals surface area contributed by atoms with Gasteiger partial charge in [-0.25, -0.2) is 9.97 Å². The minimum atomic E-state index is -0.427. The summed E-state index contributed by atoms with van der Waals surface area (Å²) >= 11 is 6.39. The highest BCUT2D eigenvalue weighted by atomic mass is 35.5. The molecule has 0 fully saturated rings. The molecule has 1 atom stereocenters. The predicted octanol–water partition coefficient (Wildman–Crippen LogP) is 3.58. The number of nitrogens with one attached hydrogen (secondary N) is 2. The maximum atomic E-state index is 13.6. The van der Waals surface area contributed by atoms with Crippen molar-refractivity contribution in [3.05, 3.63) is 69.2 Å². The Labute approximate surface area is 198 Å². The van der Waals surface area contributed by atoms with Gasteiger partial charge in [-0.05, 0) is 38.3 Å². The molecule has 5 aromatic rings. The van der Waals surface area contributed by atoms with Crippen LogP contribution in [0.1, 0.15) is 30.0 Å². The van der Waals surface area contributed by atoms with Crippen molar-refractivity contribution in [2.45, 2.75) is 26.8 Å². The van der Waals surface area contributed by atoms with E-state index in [0.29, 0.717) is 44.5 Å². The fraction of sp³-hybridized carbons (Fsp3) is 0.182. The number of nitrogens with two attached hydrogens (primary N) is 1. The first-order valence-corrected chi connectivity index (χ1v) is 10.8. The predicted molar refractivity (Wildman–Crippen MR) is 128 cm³/mol. The van der Waals surface area contributed by atoms with Crippen LogP contribution in [0.2, 0.25) is 5.02 Å². The molecule has 4 heterocycles. The van der Waals surface area contributed by atoms with E-state index < -0.39 is 6.04 Å². The van der Waals surface area contributed by atoms with Crippen LogP contribution in [0.4, 0.5) is 11.6 Å². The first kappa shape index (κ1) is 21.6. The molecule has 0 saturated heterocycles. The van der Waals surface area contributed by atoms with E-state index in [-0.39, 0.29) is 17.3 Å². The smallest absolute Gasteiger partial charge is 0.266 e. The summed E-state index contributed by atoms with van der Waals surface area (Å²) in [7, 11) is 0. The third-order valence-corrected chi connectivity index (χ3v) is 5.77. The lowest BCUT2D eigenvalue weighted by Gasteiger charge is -2.21. The summed E-state index contributed by atoms with van der Waals surface area (Å²) in [5.41, 5.74) is 7.65. The molecule has 5 rings (SSSR count). The van der Waals surface area contributed by atoms with E-state index in [1.165, 1.54) is 6.33 Å². The average molecular weight is 478 g/mol. The summed E-state index contributed by atoms with van der Waals surface area (Å²) in [4.78, 5) is 26.3. The highest BCUT2D eigenvalue weighted by molar-refractivity contribution is 6.35. The van der Waals surface area contributed by atoms with Gasteiger partial charge < -0.3 is 15.6 Å². The number of benzene rings is 1. The lowest BCUT2D eigenvalue weighted by Crippen LogP contribution is -2.26. The van der Waals surface area contributed by atoms with Crippen molar-refractivity contribution in [3.8, 4) is 17.3 Å². The second kappa shape index (κ2) is 8.27. The first-order chi connectivity index (χ1) is 16.3. The first-order valence-electron chi connectivity index (χ1n) is 10.4. The van der Waals surface area contributed by atoms with E-state index in [1.54, 1.807) is 29.8 Å². The van der Waals surface area contributed by atoms with Crippen LogP contribution in [0, 0.1) is 13.8 Å². The lowest BCUT2D eigenvalue weighted by molar-refractivity contribution is 0.425. The number of aromatic nitrogens is 7. The van der Waals surface area contributed by atoms with E-state index >= 15 is 0 Å². The minimum absolute atomic E-state index is 0.180. The van der Waals surface area contributed by atoms with Gasteiger partial charge in [-0.3, -0.25) is 14.5 Å². The van der Waals surface area contributed by atoms with Gasteiger partial charge in [-0.15, -0.1) is 0 Å². The van der Waals surface area contributed by atoms with E-state index in [9.17, 15) is 4.79 Å². The molecule has 0 aliphatic heterocycles. The van der Waals surface area contributed by atoms with Gasteiger partial charge in [0.1, 0.15) is 23.5 Å². The van der Waals surface area contributed by atoms with Gasteiger partial charge in [-0.1, -0.05) is 28.9 Å². The fourth-order valence-corrected chi connectivity index (χ4v) is 4.11. The van der Waals surface area contributed by atoms with E-state index in [1.807, 2.05) is 26.0 Å². The van der Waals surface area contributed by atoms with Crippen LogP contribution >= 0.6 is 11.6 Å². The Bertz CT molecular complexity index is 1590. The van der Waals surface area contributed by atoms with Crippen molar-refractivity contribution < 1.29 is 4.52 Å². The highest BCUT2D eigenvalue weighted by Gasteiger charge is 2.23. The van der Waals surface area contributed by atoms with Crippen LogP contribution in [0.3, 0.4) is 0 Å². The summed E-state index contributed by atoms with van der Waals surface area (Å²) in [5, 5.41) is 15.8. The van der Waals surface area contributed by atoms with Crippen LogP contribution in [0.5, 0.6) is 0 Å². The largest absolute Gasteiger partial charge is 0.383 e. The second-order valence-electron chi connectivity index (χ2n) is 7.80. The molecule has 0 amide bonds.